The summed E-state index contributed by atoms with van der Waals surface area (Å²) < 4.78 is 4.64. The summed E-state index contributed by atoms with van der Waals surface area (Å²) in [5.74, 6) is -3.98. The molecule has 4 rings (SSSR count). The molecule has 33 heavy (non-hydrogen) atoms. The molecule has 3 N–H and O–H groups in total. The molecule has 1 aliphatic heterocycles. The topological polar surface area (TPSA) is 135 Å². The number of aliphatic hydroxyl groups excluding tert-OH is 1. The van der Waals surface area contributed by atoms with Gasteiger partial charge in [-0.1, -0.05) is 43.3 Å². The molecule has 1 aromatic carbocycles. The zero-order valence-electron chi connectivity index (χ0n) is 18.1. The summed E-state index contributed by atoms with van der Waals surface area (Å²) in [6.07, 6.45) is 4.15. The normalized spacial score (nSPS) is 25.9. The van der Waals surface area contributed by atoms with Crippen LogP contribution in [0.25, 0.3) is 10.8 Å². The second-order valence-corrected chi connectivity index (χ2v) is 8.36. The molecule has 2 aromatic rings. The van der Waals surface area contributed by atoms with Crippen LogP contribution in [-0.4, -0.2) is 46.0 Å². The third-order valence-corrected chi connectivity index (χ3v) is 6.20. The van der Waals surface area contributed by atoms with Crippen molar-refractivity contribution in [2.24, 2.45) is 17.8 Å². The molecule has 1 saturated heterocycles. The number of ether oxygens (including phenoxy) is 1. The molecule has 5 unspecified atom stereocenters. The van der Waals surface area contributed by atoms with Gasteiger partial charge in [0.2, 0.25) is 18.1 Å². The van der Waals surface area contributed by atoms with Crippen molar-refractivity contribution >= 4 is 40.2 Å². The number of carbonyl (C=O) groups excluding carboxylic acids is 4. The molecule has 5 atom stereocenters. The van der Waals surface area contributed by atoms with Crippen molar-refractivity contribution in [1.82, 2.24) is 10.3 Å². The molecular formula is C24H25N3O6. The van der Waals surface area contributed by atoms with Crippen molar-refractivity contribution in [3.8, 4) is 0 Å². The van der Waals surface area contributed by atoms with Crippen LogP contribution in [0.3, 0.4) is 0 Å². The highest BCUT2D eigenvalue weighted by atomic mass is 16.6. The lowest BCUT2D eigenvalue weighted by molar-refractivity contribution is -0.155. The summed E-state index contributed by atoms with van der Waals surface area (Å²) in [5, 5.41) is 16.8. The van der Waals surface area contributed by atoms with Gasteiger partial charge in [-0.05, 0) is 24.3 Å². The molecule has 9 heteroatoms. The number of anilines is 1. The number of Topliss-reactive ketones (excluding diaryl/α,β-unsaturated/α-hetero) is 1. The standard InChI is InChI=1S/C24H25N3O6/c1-13(22(30)26-18-12-19(28)33-24(18)32)15-7-4-5-9-17(20(15)29)23(31)27-21-16-8-3-2-6-14(16)10-11-25-21/h2-6,8,10-11,13,15,17-18,24,32H,7,9,12H2,1H3,(H,26,30)(H,25,27,31). The zero-order valence-corrected chi connectivity index (χ0v) is 18.1. The minimum atomic E-state index is -1.41. The largest absolute Gasteiger partial charge is 0.434 e. The second-order valence-electron chi connectivity index (χ2n) is 8.36. The Morgan fingerprint density at radius 2 is 1.91 bits per heavy atom. The third kappa shape index (κ3) is 4.78. The molecule has 9 nitrogen and oxygen atoms in total. The minimum Gasteiger partial charge on any atom is -0.434 e. The van der Waals surface area contributed by atoms with Crippen molar-refractivity contribution in [2.75, 3.05) is 5.32 Å². The van der Waals surface area contributed by atoms with Crippen molar-refractivity contribution in [3.63, 3.8) is 0 Å². The number of ketones is 1. The van der Waals surface area contributed by atoms with Crippen molar-refractivity contribution in [3.05, 3.63) is 48.7 Å². The van der Waals surface area contributed by atoms with Crippen molar-refractivity contribution in [2.45, 2.75) is 38.5 Å². The highest BCUT2D eigenvalue weighted by Crippen LogP contribution is 2.29. The fraction of sp³-hybridized carbons (Fsp3) is 0.375. The van der Waals surface area contributed by atoms with Crippen LogP contribution in [0.5, 0.6) is 0 Å². The average Bonchev–Trinajstić information content (AvgIpc) is 2.99. The van der Waals surface area contributed by atoms with E-state index < -0.39 is 47.9 Å². The van der Waals surface area contributed by atoms with Crippen LogP contribution in [-0.2, 0) is 23.9 Å². The predicted molar refractivity (Wildman–Crippen MR) is 119 cm³/mol. The summed E-state index contributed by atoms with van der Waals surface area (Å²) >= 11 is 0. The van der Waals surface area contributed by atoms with Gasteiger partial charge in [-0.15, -0.1) is 0 Å². The van der Waals surface area contributed by atoms with E-state index in [4.69, 9.17) is 0 Å². The number of nitrogens with one attached hydrogen (secondary N) is 2. The van der Waals surface area contributed by atoms with Gasteiger partial charge in [-0.2, -0.15) is 0 Å². The molecule has 2 heterocycles. The van der Waals surface area contributed by atoms with Gasteiger partial charge in [-0.25, -0.2) is 4.98 Å². The number of aliphatic hydroxyl groups is 1. The first-order valence-electron chi connectivity index (χ1n) is 10.9. The van der Waals surface area contributed by atoms with Crippen molar-refractivity contribution < 1.29 is 29.0 Å². The highest BCUT2D eigenvalue weighted by molar-refractivity contribution is 6.11. The molecule has 0 radical (unpaired) electrons. The molecule has 0 saturated carbocycles. The molecule has 0 spiro atoms. The number of nitrogens with zero attached hydrogens (tertiary/aromatic N) is 1. The Morgan fingerprint density at radius 3 is 2.67 bits per heavy atom. The summed E-state index contributed by atoms with van der Waals surface area (Å²) in [5.41, 5.74) is 0. The highest BCUT2D eigenvalue weighted by Gasteiger charge is 2.40. The van der Waals surface area contributed by atoms with Crippen LogP contribution < -0.4 is 10.6 Å². The molecule has 1 aromatic heterocycles. The first kappa shape index (κ1) is 22.6. The van der Waals surface area contributed by atoms with Gasteiger partial charge in [-0.3, -0.25) is 19.2 Å². The Morgan fingerprint density at radius 1 is 1.15 bits per heavy atom. The number of rotatable bonds is 5. The number of allylic oxidation sites excluding steroid dienone is 2. The number of fused-ring (bicyclic) bond motifs is 1. The molecule has 2 aliphatic rings. The quantitative estimate of drug-likeness (QED) is 0.358. The number of hydrogen-bond acceptors (Lipinski definition) is 7. The molecule has 2 amide bonds. The van der Waals surface area contributed by atoms with Crippen LogP contribution in [0, 0.1) is 17.8 Å². The lowest BCUT2D eigenvalue weighted by atomic mass is 9.81. The van der Waals surface area contributed by atoms with E-state index in [9.17, 15) is 24.3 Å². The van der Waals surface area contributed by atoms with Gasteiger partial charge in [0.05, 0.1) is 6.42 Å². The van der Waals surface area contributed by atoms with Gasteiger partial charge in [0.25, 0.3) is 0 Å². The first-order chi connectivity index (χ1) is 15.8. The number of carbonyl (C=O) groups is 4. The Kier molecular flexibility index (Phi) is 6.50. The Hall–Kier alpha value is -3.59. The average molecular weight is 451 g/mol. The van der Waals surface area contributed by atoms with E-state index >= 15 is 0 Å². The molecule has 1 fully saturated rings. The zero-order chi connectivity index (χ0) is 23.5. The van der Waals surface area contributed by atoms with E-state index in [1.807, 2.05) is 30.3 Å². The second kappa shape index (κ2) is 9.50. The maximum atomic E-state index is 13.3. The van der Waals surface area contributed by atoms with Gasteiger partial charge >= 0.3 is 5.97 Å². The van der Waals surface area contributed by atoms with Crippen LogP contribution in [0.1, 0.15) is 26.2 Å². The number of esters is 1. The summed E-state index contributed by atoms with van der Waals surface area (Å²) in [4.78, 5) is 54.7. The van der Waals surface area contributed by atoms with Crippen LogP contribution in [0.4, 0.5) is 5.82 Å². The Balaban J connectivity index is 1.47. The number of hydrogen-bond donors (Lipinski definition) is 3. The minimum absolute atomic E-state index is 0.138. The number of benzene rings is 1. The van der Waals surface area contributed by atoms with E-state index in [0.717, 1.165) is 10.8 Å². The predicted octanol–water partition coefficient (Wildman–Crippen LogP) is 1.71. The maximum Gasteiger partial charge on any atom is 0.310 e. The van der Waals surface area contributed by atoms with Gasteiger partial charge in [0, 0.05) is 23.4 Å². The van der Waals surface area contributed by atoms with E-state index in [1.54, 1.807) is 25.3 Å². The molecular weight excluding hydrogens is 426 g/mol. The molecule has 172 valence electrons. The Bertz CT molecular complexity index is 1120. The summed E-state index contributed by atoms with van der Waals surface area (Å²) in [6, 6.07) is 8.45. The van der Waals surface area contributed by atoms with Gasteiger partial charge in [0.15, 0.2) is 0 Å². The third-order valence-electron chi connectivity index (χ3n) is 6.20. The van der Waals surface area contributed by atoms with Crippen molar-refractivity contribution in [1.29, 1.82) is 0 Å². The number of pyridine rings is 1. The lowest BCUT2D eigenvalue weighted by Crippen LogP contribution is -2.46. The van der Waals surface area contributed by atoms with Crippen LogP contribution in [0.2, 0.25) is 0 Å². The first-order valence-corrected chi connectivity index (χ1v) is 10.9. The van der Waals surface area contributed by atoms with Gasteiger partial charge < -0.3 is 20.5 Å². The fourth-order valence-corrected chi connectivity index (χ4v) is 4.24. The number of aromatic nitrogens is 1. The Labute approximate surface area is 190 Å². The fourth-order valence-electron chi connectivity index (χ4n) is 4.24. The molecule has 0 bridgehead atoms. The van der Waals surface area contributed by atoms with E-state index in [2.05, 4.69) is 20.4 Å². The van der Waals surface area contributed by atoms with Gasteiger partial charge in [0.1, 0.15) is 23.6 Å². The van der Waals surface area contributed by atoms with Crippen LogP contribution >= 0.6 is 0 Å². The number of amides is 2. The smallest absolute Gasteiger partial charge is 0.310 e. The lowest BCUT2D eigenvalue weighted by Gasteiger charge is -2.25. The maximum absolute atomic E-state index is 13.3. The van der Waals surface area contributed by atoms with E-state index in [0.29, 0.717) is 12.2 Å². The number of cyclic esters (lactones) is 1. The van der Waals surface area contributed by atoms with E-state index in [1.165, 1.54) is 0 Å². The monoisotopic (exact) mass is 451 g/mol. The summed E-state index contributed by atoms with van der Waals surface area (Å²) in [7, 11) is 0. The SMILES string of the molecule is CC(C(=O)NC1CC(=O)OC1O)C1CC=CCC(C(=O)Nc2nccc3ccccc23)C1=O. The molecule has 1 aliphatic carbocycles. The van der Waals surface area contributed by atoms with Crippen LogP contribution in [0.15, 0.2) is 48.7 Å². The van der Waals surface area contributed by atoms with E-state index in [-0.39, 0.29) is 18.6 Å². The summed E-state index contributed by atoms with van der Waals surface area (Å²) in [6.45, 7) is 1.60.